The van der Waals surface area contributed by atoms with Crippen molar-refractivity contribution >= 4 is 10.0 Å². The highest BCUT2D eigenvalue weighted by Gasteiger charge is 2.30. The van der Waals surface area contributed by atoms with E-state index in [-0.39, 0.29) is 11.0 Å². The van der Waals surface area contributed by atoms with E-state index in [2.05, 4.69) is 10.0 Å². The Kier molecular flexibility index (Phi) is 5.61. The molecule has 118 valence electrons. The maximum absolute atomic E-state index is 11.9. The molecule has 1 fully saturated rings. The Bertz CT molecular complexity index is 537. The molecule has 0 radical (unpaired) electrons. The van der Waals surface area contributed by atoms with Crippen molar-refractivity contribution in [3.05, 3.63) is 24.3 Å². The van der Waals surface area contributed by atoms with Crippen LogP contribution in [-0.2, 0) is 10.0 Å². The zero-order valence-corrected chi connectivity index (χ0v) is 13.4. The van der Waals surface area contributed by atoms with Gasteiger partial charge in [-0.1, -0.05) is 6.92 Å². The van der Waals surface area contributed by atoms with Gasteiger partial charge in [0, 0.05) is 6.54 Å². The van der Waals surface area contributed by atoms with Gasteiger partial charge in [-0.15, -0.1) is 0 Å². The van der Waals surface area contributed by atoms with Crippen LogP contribution < -0.4 is 14.8 Å². The molecule has 0 aliphatic heterocycles. The fourth-order valence-electron chi connectivity index (χ4n) is 2.44. The van der Waals surface area contributed by atoms with Gasteiger partial charge in [-0.25, -0.2) is 13.1 Å². The van der Waals surface area contributed by atoms with Crippen LogP contribution in [0.15, 0.2) is 29.2 Å². The SMILES string of the molecule is CCCNS(=O)(=O)c1ccc(OC2CC(CNC)C2)cc1. The molecule has 0 spiro atoms. The van der Waals surface area contributed by atoms with Gasteiger partial charge in [-0.3, -0.25) is 0 Å². The molecule has 5 nitrogen and oxygen atoms in total. The molecular weight excluding hydrogens is 288 g/mol. The molecule has 1 saturated carbocycles. The molecule has 2 N–H and O–H groups in total. The average Bonchev–Trinajstić information content (AvgIpc) is 2.43. The lowest BCUT2D eigenvalue weighted by molar-refractivity contribution is 0.0657. The van der Waals surface area contributed by atoms with Crippen LogP contribution in [0.4, 0.5) is 0 Å². The summed E-state index contributed by atoms with van der Waals surface area (Å²) >= 11 is 0. The second-order valence-corrected chi connectivity index (χ2v) is 7.27. The van der Waals surface area contributed by atoms with Gasteiger partial charge in [0.15, 0.2) is 0 Å². The number of nitrogens with one attached hydrogen (secondary N) is 2. The number of ether oxygens (including phenoxy) is 1. The minimum absolute atomic E-state index is 0.254. The molecular formula is C15H24N2O3S. The van der Waals surface area contributed by atoms with Crippen molar-refractivity contribution in [2.45, 2.75) is 37.2 Å². The van der Waals surface area contributed by atoms with Crippen molar-refractivity contribution in [1.82, 2.24) is 10.0 Å². The van der Waals surface area contributed by atoms with E-state index in [0.717, 1.165) is 31.6 Å². The topological polar surface area (TPSA) is 67.4 Å². The predicted molar refractivity (Wildman–Crippen MR) is 83.0 cm³/mol. The van der Waals surface area contributed by atoms with Crippen LogP contribution in [0.2, 0.25) is 0 Å². The second-order valence-electron chi connectivity index (χ2n) is 5.50. The van der Waals surface area contributed by atoms with E-state index in [0.29, 0.717) is 12.5 Å². The molecule has 0 unspecified atom stereocenters. The summed E-state index contributed by atoms with van der Waals surface area (Å²) in [5.74, 6) is 1.43. The van der Waals surface area contributed by atoms with Crippen molar-refractivity contribution in [3.8, 4) is 5.75 Å². The van der Waals surface area contributed by atoms with Crippen molar-refractivity contribution in [3.63, 3.8) is 0 Å². The van der Waals surface area contributed by atoms with E-state index in [9.17, 15) is 8.42 Å². The Labute approximate surface area is 127 Å². The van der Waals surface area contributed by atoms with Crippen molar-refractivity contribution in [2.75, 3.05) is 20.1 Å². The van der Waals surface area contributed by atoms with Crippen molar-refractivity contribution < 1.29 is 13.2 Å². The monoisotopic (exact) mass is 312 g/mol. The summed E-state index contributed by atoms with van der Waals surface area (Å²) in [5.41, 5.74) is 0. The van der Waals surface area contributed by atoms with Crippen molar-refractivity contribution in [1.29, 1.82) is 0 Å². The van der Waals surface area contributed by atoms with Gasteiger partial charge >= 0.3 is 0 Å². The maximum atomic E-state index is 11.9. The summed E-state index contributed by atoms with van der Waals surface area (Å²) in [6.45, 7) is 3.41. The summed E-state index contributed by atoms with van der Waals surface area (Å²) in [6, 6.07) is 6.64. The largest absolute Gasteiger partial charge is 0.490 e. The van der Waals surface area contributed by atoms with Crippen molar-refractivity contribution in [2.24, 2.45) is 5.92 Å². The second kappa shape index (κ2) is 7.24. The molecule has 2 rings (SSSR count). The Morgan fingerprint density at radius 3 is 2.48 bits per heavy atom. The van der Waals surface area contributed by atoms with Gasteiger partial charge < -0.3 is 10.1 Å². The van der Waals surface area contributed by atoms with Crippen LogP contribution in [0.3, 0.4) is 0 Å². The number of benzene rings is 1. The average molecular weight is 312 g/mol. The van der Waals surface area contributed by atoms with Gasteiger partial charge in [0.05, 0.1) is 11.0 Å². The zero-order chi connectivity index (χ0) is 15.3. The van der Waals surface area contributed by atoms with Crippen LogP contribution in [0.25, 0.3) is 0 Å². The normalized spacial score (nSPS) is 21.8. The summed E-state index contributed by atoms with van der Waals surface area (Å²) < 4.78 is 32.3. The van der Waals surface area contributed by atoms with E-state index in [4.69, 9.17) is 4.74 Å². The molecule has 1 aromatic carbocycles. The molecule has 0 atom stereocenters. The Morgan fingerprint density at radius 2 is 1.90 bits per heavy atom. The lowest BCUT2D eigenvalue weighted by Gasteiger charge is -2.35. The van der Waals surface area contributed by atoms with Crippen LogP contribution in [0.5, 0.6) is 5.75 Å². The summed E-state index contributed by atoms with van der Waals surface area (Å²) in [7, 11) is -1.43. The Morgan fingerprint density at radius 1 is 1.24 bits per heavy atom. The lowest BCUT2D eigenvalue weighted by atomic mass is 9.82. The van der Waals surface area contributed by atoms with E-state index < -0.39 is 10.0 Å². The van der Waals surface area contributed by atoms with E-state index in [1.54, 1.807) is 24.3 Å². The fourth-order valence-corrected chi connectivity index (χ4v) is 3.57. The fraction of sp³-hybridized carbons (Fsp3) is 0.600. The van der Waals surface area contributed by atoms with Gasteiger partial charge in [0.25, 0.3) is 0 Å². The van der Waals surface area contributed by atoms with Crippen LogP contribution in [0.1, 0.15) is 26.2 Å². The van der Waals surface area contributed by atoms with E-state index >= 15 is 0 Å². The minimum atomic E-state index is -3.39. The first-order valence-electron chi connectivity index (χ1n) is 7.46. The zero-order valence-electron chi connectivity index (χ0n) is 12.6. The summed E-state index contributed by atoms with van der Waals surface area (Å²) in [5, 5.41) is 3.17. The first kappa shape index (κ1) is 16.3. The first-order chi connectivity index (χ1) is 10.0. The molecule has 0 bridgehead atoms. The molecule has 0 saturated heterocycles. The molecule has 21 heavy (non-hydrogen) atoms. The third kappa shape index (κ3) is 4.43. The van der Waals surface area contributed by atoms with Crippen LogP contribution in [-0.4, -0.2) is 34.7 Å². The van der Waals surface area contributed by atoms with E-state index in [1.165, 1.54) is 0 Å². The number of sulfonamides is 1. The Balaban J connectivity index is 1.88. The van der Waals surface area contributed by atoms with Gasteiger partial charge in [-0.05, 0) is 63.0 Å². The molecule has 1 aliphatic rings. The lowest BCUT2D eigenvalue weighted by Crippen LogP contribution is -2.38. The van der Waals surface area contributed by atoms with Crippen LogP contribution >= 0.6 is 0 Å². The molecule has 0 amide bonds. The highest BCUT2D eigenvalue weighted by atomic mass is 32.2. The van der Waals surface area contributed by atoms with Gasteiger partial charge in [0.1, 0.15) is 5.75 Å². The van der Waals surface area contributed by atoms with Crippen LogP contribution in [0, 0.1) is 5.92 Å². The van der Waals surface area contributed by atoms with Gasteiger partial charge in [-0.2, -0.15) is 0 Å². The highest BCUT2D eigenvalue weighted by molar-refractivity contribution is 7.89. The quantitative estimate of drug-likeness (QED) is 0.767. The first-order valence-corrected chi connectivity index (χ1v) is 8.94. The highest BCUT2D eigenvalue weighted by Crippen LogP contribution is 2.31. The predicted octanol–water partition coefficient (Wildman–Crippen LogP) is 1.75. The summed E-state index contributed by atoms with van der Waals surface area (Å²) in [4.78, 5) is 0.282. The van der Waals surface area contributed by atoms with Gasteiger partial charge in [0.2, 0.25) is 10.0 Å². The minimum Gasteiger partial charge on any atom is -0.490 e. The molecule has 1 aromatic rings. The molecule has 0 heterocycles. The molecule has 0 aromatic heterocycles. The number of hydrogen-bond acceptors (Lipinski definition) is 4. The third-order valence-electron chi connectivity index (χ3n) is 3.66. The smallest absolute Gasteiger partial charge is 0.240 e. The molecule has 1 aliphatic carbocycles. The number of hydrogen-bond donors (Lipinski definition) is 2. The number of rotatable bonds is 8. The summed E-state index contributed by atoms with van der Waals surface area (Å²) in [6.07, 6.45) is 3.14. The third-order valence-corrected chi connectivity index (χ3v) is 5.14. The molecule has 6 heteroatoms. The maximum Gasteiger partial charge on any atom is 0.240 e. The Hall–Kier alpha value is -1.11. The van der Waals surface area contributed by atoms with E-state index in [1.807, 2.05) is 14.0 Å². The standard InChI is InChI=1S/C15H24N2O3S/c1-3-8-17-21(18,19)15-6-4-13(5-7-15)20-14-9-12(10-14)11-16-2/h4-7,12,14,16-17H,3,8-11H2,1-2H3.